The predicted octanol–water partition coefficient (Wildman–Crippen LogP) is 20.9. The number of oxazole rings is 4. The molecular formula is C101H95N16O9+5. The zero-order chi connectivity index (χ0) is 87.9. The maximum Gasteiger partial charge on any atom is 0.334 e. The van der Waals surface area contributed by atoms with Gasteiger partial charge in [0, 0.05) is 52.3 Å². The number of furan rings is 5. The number of rotatable bonds is 8. The average Bonchev–Trinajstić information content (AvgIpc) is 1.57. The Kier molecular flexibility index (Phi) is 19.9. The maximum atomic E-state index is 6.34. The minimum atomic E-state index is 0.476. The van der Waals surface area contributed by atoms with Crippen LogP contribution in [0.4, 0.5) is 0 Å². The van der Waals surface area contributed by atoms with Gasteiger partial charge in [0.2, 0.25) is 16.9 Å². The second-order valence-electron chi connectivity index (χ2n) is 32.7. The zero-order valence-corrected chi connectivity index (χ0v) is 74.3. The van der Waals surface area contributed by atoms with E-state index in [1.807, 2.05) is 108 Å². The molecule has 0 fully saturated rings. The minimum absolute atomic E-state index is 0.476. The lowest BCUT2D eigenvalue weighted by atomic mass is 10.0. The Morgan fingerprint density at radius 3 is 1.25 bits per heavy atom. The van der Waals surface area contributed by atoms with E-state index < -0.39 is 0 Å². The van der Waals surface area contributed by atoms with E-state index in [9.17, 15) is 0 Å². The number of aromatic nitrogens is 16. The molecule has 23 rings (SSSR count). The second kappa shape index (κ2) is 31.2. The van der Waals surface area contributed by atoms with Crippen molar-refractivity contribution in [2.24, 2.45) is 42.3 Å². The molecule has 628 valence electrons. The molecule has 0 atom stereocenters. The Morgan fingerprint density at radius 1 is 0.302 bits per heavy atom. The van der Waals surface area contributed by atoms with Gasteiger partial charge < -0.3 is 44.3 Å². The van der Waals surface area contributed by atoms with Crippen molar-refractivity contribution in [1.29, 1.82) is 0 Å². The van der Waals surface area contributed by atoms with E-state index in [2.05, 4.69) is 297 Å². The van der Waals surface area contributed by atoms with Crippen molar-refractivity contribution in [3.8, 4) is 74.0 Å². The molecule has 25 nitrogen and oxygen atoms in total. The van der Waals surface area contributed by atoms with Crippen molar-refractivity contribution < 1.29 is 62.6 Å². The lowest BCUT2D eigenvalue weighted by Crippen LogP contribution is -2.31. The van der Waals surface area contributed by atoms with Gasteiger partial charge in [-0.3, -0.25) is 0 Å². The van der Waals surface area contributed by atoms with Gasteiger partial charge in [-0.05, 0) is 184 Å². The molecule has 0 spiro atoms. The molecule has 0 aliphatic carbocycles. The summed E-state index contributed by atoms with van der Waals surface area (Å²) in [7, 11) is 12.2. The van der Waals surface area contributed by atoms with Crippen LogP contribution in [0.3, 0.4) is 0 Å². The molecule has 25 heteroatoms. The Hall–Kier alpha value is -15.4. The average molecular weight is 1680 g/mol. The van der Waals surface area contributed by atoms with Gasteiger partial charge in [0.15, 0.2) is 56.9 Å². The lowest BCUT2D eigenvalue weighted by Gasteiger charge is -2.10. The van der Waals surface area contributed by atoms with Gasteiger partial charge in [-0.15, -0.1) is 0 Å². The largest absolute Gasteiger partial charge is 0.437 e. The number of imidazole rings is 4. The van der Waals surface area contributed by atoms with Crippen LogP contribution < -0.4 is 22.8 Å². The molecule has 0 bridgehead atoms. The van der Waals surface area contributed by atoms with Gasteiger partial charge in [0.05, 0.1) is 74.7 Å². The molecule has 23 aromatic rings. The molecule has 0 saturated carbocycles. The normalized spacial score (nSPS) is 11.7. The highest BCUT2D eigenvalue weighted by Crippen LogP contribution is 2.44. The summed E-state index contributed by atoms with van der Waals surface area (Å²) in [6, 6.07) is 45.8. The summed E-state index contributed by atoms with van der Waals surface area (Å²) in [5.41, 5.74) is 30.4. The molecule has 0 radical (unpaired) electrons. The van der Waals surface area contributed by atoms with Gasteiger partial charge in [0.25, 0.3) is 28.9 Å². The molecule has 15 aromatic heterocycles. The number of nitrogens with zero attached hydrogens (tertiary/aromatic N) is 16. The minimum Gasteiger partial charge on any atom is -0.437 e. The van der Waals surface area contributed by atoms with Gasteiger partial charge in [-0.1, -0.05) is 78.9 Å². The highest BCUT2D eigenvalue weighted by molar-refractivity contribution is 6.10. The Bertz CT molecular complexity index is 8250. The van der Waals surface area contributed by atoms with Crippen molar-refractivity contribution in [3.05, 3.63) is 280 Å². The van der Waals surface area contributed by atoms with Crippen LogP contribution in [-0.2, 0) is 42.3 Å². The second-order valence-corrected chi connectivity index (χ2v) is 32.7. The lowest BCUT2D eigenvalue weighted by molar-refractivity contribution is -0.663. The van der Waals surface area contributed by atoms with Crippen LogP contribution in [0.5, 0.6) is 0 Å². The van der Waals surface area contributed by atoms with Gasteiger partial charge in [-0.2, -0.15) is 28.7 Å². The summed E-state index contributed by atoms with van der Waals surface area (Å²) >= 11 is 0. The molecule has 0 amide bonds. The first-order valence-corrected chi connectivity index (χ1v) is 41.7. The van der Waals surface area contributed by atoms with E-state index in [1.54, 1.807) is 12.4 Å². The van der Waals surface area contributed by atoms with Crippen LogP contribution in [0.25, 0.3) is 185 Å². The fourth-order valence-corrected chi connectivity index (χ4v) is 17.7. The number of hydrogen-bond donors (Lipinski definition) is 0. The van der Waals surface area contributed by atoms with Crippen LogP contribution in [0.2, 0.25) is 0 Å². The predicted molar refractivity (Wildman–Crippen MR) is 483 cm³/mol. The van der Waals surface area contributed by atoms with E-state index in [0.29, 0.717) is 63.4 Å². The Morgan fingerprint density at radius 2 is 0.722 bits per heavy atom. The van der Waals surface area contributed by atoms with Crippen molar-refractivity contribution in [1.82, 2.24) is 53.2 Å². The highest BCUT2D eigenvalue weighted by Gasteiger charge is 2.34. The van der Waals surface area contributed by atoms with Crippen LogP contribution in [-0.4, -0.2) is 53.2 Å². The highest BCUT2D eigenvalue weighted by atomic mass is 16.5. The van der Waals surface area contributed by atoms with Gasteiger partial charge in [-0.25, -0.2) is 32.8 Å². The van der Waals surface area contributed by atoms with E-state index >= 15 is 0 Å². The summed E-state index contributed by atoms with van der Waals surface area (Å²) in [5.74, 6) is 9.32. The first kappa shape index (κ1) is 80.3. The zero-order valence-electron chi connectivity index (χ0n) is 74.3. The standard InChI is InChI=1S/C24H25N4O.C23H22N3O2.C22H20N3O2.2C16H14N3O2/c1-14-10-11-18-21-23(25-17(4)27(21)6)29-22(18)19(14)24-26(5)12-13-28(24)20-15(2)8-7-9-16(20)3;1-13-9-10-17-20(28-22-21(17)27-16(4)24-22)18(13)23-25(5)11-12-26(23)19-14(2)7-6-8-15(19)3;1-13-7-5-6-8-17(13)25-12-11-24(4)21(25)18-14(2)9-10-16-19-22(27-20(16)18)26-15(3)23-19;1-9-5-6-11-13(21-16-14(11)20-10(2)18-16)12(9)15-17-7-4-8-19(15)3;1-9-7-12-13(21-16-14(12)18-10(2)20-16)8-11(9)15-17-5-4-6-19(15)3/h7-13H,1-6H3;6-12H,1-5H3;5-12H,1-4H3;2*4-8H,1-3H3/q5*+1. The molecule has 8 aromatic carbocycles. The van der Waals surface area contributed by atoms with Gasteiger partial charge >= 0.3 is 23.2 Å². The number of aryl methyl sites for hydroxylation is 21. The smallest absolute Gasteiger partial charge is 0.334 e. The molecule has 0 aliphatic rings. The molecule has 0 aliphatic heterocycles. The number of hydrogen-bond acceptors (Lipinski definition) is 16. The van der Waals surface area contributed by atoms with Crippen LogP contribution in [0.1, 0.15) is 85.0 Å². The first-order chi connectivity index (χ1) is 60.7. The third kappa shape index (κ3) is 13.6. The molecule has 15 heterocycles. The molecule has 0 unspecified atom stereocenters. The fourth-order valence-electron chi connectivity index (χ4n) is 17.7. The molecule has 126 heavy (non-hydrogen) atoms. The number of fused-ring (bicyclic) bond motifs is 15. The van der Waals surface area contributed by atoms with E-state index in [4.69, 9.17) is 39.8 Å². The third-order valence-corrected chi connectivity index (χ3v) is 23.9. The maximum absolute atomic E-state index is 6.34. The van der Waals surface area contributed by atoms with Crippen molar-refractivity contribution >= 4 is 111 Å². The van der Waals surface area contributed by atoms with Crippen LogP contribution in [0, 0.1) is 104 Å². The topological polar surface area (TPSA) is 248 Å². The van der Waals surface area contributed by atoms with Crippen molar-refractivity contribution in [2.75, 3.05) is 0 Å². The summed E-state index contributed by atoms with van der Waals surface area (Å²) in [5, 5.41) is 4.92. The van der Waals surface area contributed by atoms with E-state index in [1.165, 1.54) is 44.8 Å². The summed E-state index contributed by atoms with van der Waals surface area (Å²) in [4.78, 5) is 31.1. The molecule has 0 N–H and O–H groups in total. The Labute approximate surface area is 723 Å². The molecular weight excluding hydrogens is 1580 g/mol. The van der Waals surface area contributed by atoms with E-state index in [-0.39, 0.29) is 0 Å². The quantitative estimate of drug-likeness (QED) is 0.128. The summed E-state index contributed by atoms with van der Waals surface area (Å²) in [6.07, 6.45) is 20.1. The van der Waals surface area contributed by atoms with E-state index in [0.717, 1.165) is 162 Å². The number of benzene rings is 8. The Balaban J connectivity index is 0.000000103. The number of para-hydroxylation sites is 3. The fraction of sp³-hybridized carbons (Fsp3) is 0.208. The van der Waals surface area contributed by atoms with Crippen LogP contribution >= 0.6 is 0 Å². The SMILES string of the molecule is Cc1cccc(C)c1-n1cc[n+](C)c1-c1c(C)ccc2c1oc1nc(C)n(C)c12.Cc1nc2c(o1)oc1c(-c3n(-c4ccccc4C)cc[n+]3C)c(C)ccc12.Cc1nc2c(o1)oc1cc(-c3nccc[n+]3C)c(C)cc12.Cc1nc2oc3c(-c4n(-c5c(C)cccc5C)cc[n+]4C)c(C)ccc3c2o1.Cc1nc2oc3c(-c4nccc[n+]4C)c(C)ccc3c2o1. The monoisotopic (exact) mass is 1680 g/mol. The van der Waals surface area contributed by atoms with Crippen LogP contribution in [0.15, 0.2) is 235 Å². The first-order valence-electron chi connectivity index (χ1n) is 41.7. The third-order valence-electron chi connectivity index (χ3n) is 23.9. The summed E-state index contributed by atoms with van der Waals surface area (Å²) < 4.78 is 72.1. The molecule has 0 saturated heterocycles. The van der Waals surface area contributed by atoms with Gasteiger partial charge in [0.1, 0.15) is 106 Å². The van der Waals surface area contributed by atoms with Crippen molar-refractivity contribution in [3.63, 3.8) is 0 Å². The van der Waals surface area contributed by atoms with Crippen molar-refractivity contribution in [2.45, 2.75) is 104 Å². The summed E-state index contributed by atoms with van der Waals surface area (Å²) in [6.45, 7) is 30.5.